The van der Waals surface area contributed by atoms with Crippen LogP contribution in [0.4, 0.5) is 0 Å². The monoisotopic (exact) mass is 529 g/mol. The number of hydrogen-bond acceptors (Lipinski definition) is 5. The number of nitrogens with zero attached hydrogens (tertiary/aromatic N) is 4. The van der Waals surface area contributed by atoms with Crippen molar-refractivity contribution in [3.05, 3.63) is 45.9 Å². The Bertz CT molecular complexity index is 760. The molecule has 0 radical (unpaired) electrons. The minimum absolute atomic E-state index is 0. The molecule has 6 nitrogen and oxygen atoms in total. The van der Waals surface area contributed by atoms with Gasteiger partial charge >= 0.3 is 0 Å². The minimum atomic E-state index is 0. The summed E-state index contributed by atoms with van der Waals surface area (Å²) in [5, 5.41) is 4.56. The minimum Gasteiger partial charge on any atom is -0.492 e. The van der Waals surface area contributed by atoms with Crippen molar-refractivity contribution in [2.24, 2.45) is 4.99 Å². The molecule has 2 aromatic rings. The Kier molecular flexibility index (Phi) is 10.2. The summed E-state index contributed by atoms with van der Waals surface area (Å²) in [7, 11) is 0. The third kappa shape index (κ3) is 7.42. The summed E-state index contributed by atoms with van der Waals surface area (Å²) in [6, 6.07) is 10.0. The molecule has 0 aliphatic carbocycles. The summed E-state index contributed by atoms with van der Waals surface area (Å²) < 4.78 is 5.83. The average Bonchev–Trinajstić information content (AvgIpc) is 3.04. The Hall–Kier alpha value is -1.39. The van der Waals surface area contributed by atoms with Gasteiger partial charge in [-0.05, 0) is 32.9 Å². The van der Waals surface area contributed by atoms with Crippen LogP contribution in [0.15, 0.2) is 35.3 Å². The van der Waals surface area contributed by atoms with Gasteiger partial charge in [0.2, 0.25) is 0 Å². The molecule has 1 N–H and O–H groups in total. The molecule has 8 heteroatoms. The van der Waals surface area contributed by atoms with Crippen molar-refractivity contribution in [3.63, 3.8) is 0 Å². The fraction of sp³-hybridized carbons (Fsp3) is 0.524. The summed E-state index contributed by atoms with van der Waals surface area (Å²) in [4.78, 5) is 15.4. The number of thiazole rings is 1. The van der Waals surface area contributed by atoms with Gasteiger partial charge in [-0.3, -0.25) is 4.90 Å². The molecule has 1 aromatic carbocycles. The second-order valence-corrected chi connectivity index (χ2v) is 8.19. The highest BCUT2D eigenvalue weighted by molar-refractivity contribution is 14.0. The summed E-state index contributed by atoms with van der Waals surface area (Å²) in [6.45, 7) is 13.5. The molecule has 1 fully saturated rings. The summed E-state index contributed by atoms with van der Waals surface area (Å²) >= 11 is 1.74. The molecule has 29 heavy (non-hydrogen) atoms. The lowest BCUT2D eigenvalue weighted by Gasteiger charge is -2.36. The molecule has 0 bridgehead atoms. The Morgan fingerprint density at radius 3 is 2.52 bits per heavy atom. The number of benzene rings is 1. The number of aryl methyl sites for hydroxylation is 2. The van der Waals surface area contributed by atoms with Gasteiger partial charge in [-0.15, -0.1) is 35.3 Å². The molecule has 160 valence electrons. The number of guanidine groups is 1. The molecule has 1 saturated heterocycles. The number of aromatic nitrogens is 1. The average molecular weight is 529 g/mol. The van der Waals surface area contributed by atoms with E-state index in [-0.39, 0.29) is 24.0 Å². The van der Waals surface area contributed by atoms with Gasteiger partial charge in [-0.2, -0.15) is 0 Å². The number of para-hydroxylation sites is 1. The largest absolute Gasteiger partial charge is 0.492 e. The fourth-order valence-corrected chi connectivity index (χ4v) is 4.15. The molecular formula is C21H32IN5OS. The number of halogens is 1. The van der Waals surface area contributed by atoms with Crippen molar-refractivity contribution in [3.8, 4) is 5.75 Å². The Labute approximate surface area is 195 Å². The third-order valence-electron chi connectivity index (χ3n) is 4.80. The van der Waals surface area contributed by atoms with E-state index < -0.39 is 0 Å². The molecule has 0 amide bonds. The van der Waals surface area contributed by atoms with Crippen molar-refractivity contribution in [2.75, 3.05) is 45.9 Å². The Balaban J connectivity index is 0.00000300. The second kappa shape index (κ2) is 12.3. The van der Waals surface area contributed by atoms with Crippen LogP contribution in [0.2, 0.25) is 0 Å². The number of hydrogen-bond donors (Lipinski definition) is 1. The highest BCUT2D eigenvalue weighted by Gasteiger charge is 2.19. The summed E-state index contributed by atoms with van der Waals surface area (Å²) in [5.41, 5.74) is 1.10. The lowest BCUT2D eigenvalue weighted by Crippen LogP contribution is -2.53. The predicted octanol–water partition coefficient (Wildman–Crippen LogP) is 3.54. The van der Waals surface area contributed by atoms with Gasteiger partial charge in [-0.25, -0.2) is 9.98 Å². The molecule has 0 unspecified atom stereocenters. The van der Waals surface area contributed by atoms with Crippen LogP contribution in [0, 0.1) is 13.8 Å². The quantitative estimate of drug-likeness (QED) is 0.338. The number of rotatable bonds is 7. The molecule has 1 aliphatic heterocycles. The van der Waals surface area contributed by atoms with Crippen molar-refractivity contribution >= 4 is 41.3 Å². The lowest BCUT2D eigenvalue weighted by atomic mass is 10.3. The van der Waals surface area contributed by atoms with Crippen LogP contribution in [0.1, 0.15) is 22.5 Å². The first kappa shape index (κ1) is 23.9. The zero-order chi connectivity index (χ0) is 19.8. The molecule has 1 aromatic heterocycles. The first-order chi connectivity index (χ1) is 13.7. The van der Waals surface area contributed by atoms with Gasteiger partial charge in [0.1, 0.15) is 12.4 Å². The van der Waals surface area contributed by atoms with E-state index in [2.05, 4.69) is 40.9 Å². The predicted molar refractivity (Wildman–Crippen MR) is 132 cm³/mol. The molecule has 0 atom stereocenters. The van der Waals surface area contributed by atoms with E-state index in [1.54, 1.807) is 11.3 Å². The Morgan fingerprint density at radius 1 is 1.17 bits per heavy atom. The van der Waals surface area contributed by atoms with Gasteiger partial charge < -0.3 is 15.0 Å². The smallest absolute Gasteiger partial charge is 0.194 e. The number of piperazine rings is 1. The molecule has 2 heterocycles. The van der Waals surface area contributed by atoms with Crippen LogP contribution in [0.5, 0.6) is 5.75 Å². The SMILES string of the molecule is CCNC(=NCc1sc(C)nc1C)N1CCN(CCOc2ccccc2)CC1.I. The van der Waals surface area contributed by atoms with E-state index in [4.69, 9.17) is 9.73 Å². The maximum atomic E-state index is 5.83. The molecule has 0 saturated carbocycles. The van der Waals surface area contributed by atoms with Crippen molar-refractivity contribution in [1.82, 2.24) is 20.1 Å². The maximum absolute atomic E-state index is 5.83. The van der Waals surface area contributed by atoms with Crippen LogP contribution in [-0.4, -0.2) is 66.6 Å². The third-order valence-corrected chi connectivity index (χ3v) is 5.86. The number of nitrogens with one attached hydrogen (secondary N) is 1. The van der Waals surface area contributed by atoms with Gasteiger partial charge in [0.15, 0.2) is 5.96 Å². The highest BCUT2D eigenvalue weighted by atomic mass is 127. The van der Waals surface area contributed by atoms with Crippen LogP contribution >= 0.6 is 35.3 Å². The van der Waals surface area contributed by atoms with E-state index >= 15 is 0 Å². The van der Waals surface area contributed by atoms with Gasteiger partial charge in [-0.1, -0.05) is 18.2 Å². The lowest BCUT2D eigenvalue weighted by molar-refractivity contribution is 0.152. The summed E-state index contributed by atoms with van der Waals surface area (Å²) in [5.74, 6) is 1.95. The molecule has 1 aliphatic rings. The van der Waals surface area contributed by atoms with E-state index in [0.29, 0.717) is 6.54 Å². The normalized spacial score (nSPS) is 15.1. The van der Waals surface area contributed by atoms with Crippen LogP contribution in [0.3, 0.4) is 0 Å². The number of ether oxygens (including phenoxy) is 1. The zero-order valence-electron chi connectivity index (χ0n) is 17.6. The maximum Gasteiger partial charge on any atom is 0.194 e. The van der Waals surface area contributed by atoms with Crippen LogP contribution in [0.25, 0.3) is 0 Å². The van der Waals surface area contributed by atoms with Crippen molar-refractivity contribution in [1.29, 1.82) is 0 Å². The second-order valence-electron chi connectivity index (χ2n) is 6.90. The van der Waals surface area contributed by atoms with Gasteiger partial charge in [0.05, 0.1) is 17.2 Å². The first-order valence-corrected chi connectivity index (χ1v) is 10.8. The molecule has 3 rings (SSSR count). The standard InChI is InChI=1S/C21H31N5OS.HI/c1-4-22-21(23-16-20-17(2)24-18(3)28-20)26-12-10-25(11-13-26)14-15-27-19-8-6-5-7-9-19;/h5-9H,4,10-16H2,1-3H3,(H,22,23);1H. The zero-order valence-corrected chi connectivity index (χ0v) is 20.7. The Morgan fingerprint density at radius 2 is 1.90 bits per heavy atom. The first-order valence-electron chi connectivity index (χ1n) is 10.0. The number of aliphatic imine (C=N–C) groups is 1. The van der Waals surface area contributed by atoms with E-state index in [1.165, 1.54) is 4.88 Å². The molecular weight excluding hydrogens is 497 g/mol. The fourth-order valence-electron chi connectivity index (χ4n) is 3.29. The topological polar surface area (TPSA) is 53.0 Å². The van der Waals surface area contributed by atoms with Gasteiger partial charge in [0.25, 0.3) is 0 Å². The van der Waals surface area contributed by atoms with E-state index in [1.807, 2.05) is 30.3 Å². The van der Waals surface area contributed by atoms with E-state index in [0.717, 1.165) is 68.3 Å². The van der Waals surface area contributed by atoms with Crippen molar-refractivity contribution in [2.45, 2.75) is 27.3 Å². The highest BCUT2D eigenvalue weighted by Crippen LogP contribution is 2.18. The van der Waals surface area contributed by atoms with Gasteiger partial charge in [0, 0.05) is 44.1 Å². The summed E-state index contributed by atoms with van der Waals surface area (Å²) in [6.07, 6.45) is 0. The van der Waals surface area contributed by atoms with Crippen molar-refractivity contribution < 1.29 is 4.74 Å². The molecule has 0 spiro atoms. The van der Waals surface area contributed by atoms with E-state index in [9.17, 15) is 0 Å². The van der Waals surface area contributed by atoms with Crippen LogP contribution in [-0.2, 0) is 6.54 Å². The van der Waals surface area contributed by atoms with Crippen LogP contribution < -0.4 is 10.1 Å².